The molecule has 0 saturated carbocycles. The first-order valence-corrected chi connectivity index (χ1v) is 8.01. The lowest BCUT2D eigenvalue weighted by Gasteiger charge is -2.07. The molecule has 0 atom stereocenters. The molecular formula is C17H23N3O3. The van der Waals surface area contributed by atoms with Crippen LogP contribution in [0.4, 0.5) is 0 Å². The summed E-state index contributed by atoms with van der Waals surface area (Å²) in [6.45, 7) is 2.59. The third-order valence-electron chi connectivity index (χ3n) is 3.79. The number of carbonyl (C=O) groups is 2. The van der Waals surface area contributed by atoms with Crippen molar-refractivity contribution in [2.45, 2.75) is 45.4 Å². The number of aliphatic carboxylic acids is 1. The first-order valence-electron chi connectivity index (χ1n) is 8.01. The van der Waals surface area contributed by atoms with Crippen LogP contribution in [0.25, 0.3) is 10.9 Å². The van der Waals surface area contributed by atoms with Gasteiger partial charge >= 0.3 is 5.97 Å². The Morgan fingerprint density at radius 3 is 2.70 bits per heavy atom. The summed E-state index contributed by atoms with van der Waals surface area (Å²) < 4.78 is 0. The van der Waals surface area contributed by atoms with Crippen molar-refractivity contribution in [2.75, 3.05) is 6.54 Å². The molecule has 6 nitrogen and oxygen atoms in total. The Kier molecular flexibility index (Phi) is 6.14. The van der Waals surface area contributed by atoms with Gasteiger partial charge in [0, 0.05) is 18.4 Å². The Morgan fingerprint density at radius 1 is 1.17 bits per heavy atom. The first-order chi connectivity index (χ1) is 11.1. The summed E-state index contributed by atoms with van der Waals surface area (Å²) in [5, 5.41) is 19.3. The van der Waals surface area contributed by atoms with E-state index in [0.29, 0.717) is 12.1 Å². The summed E-state index contributed by atoms with van der Waals surface area (Å²) in [4.78, 5) is 22.7. The fourth-order valence-electron chi connectivity index (χ4n) is 2.62. The highest BCUT2D eigenvalue weighted by Crippen LogP contribution is 2.18. The van der Waals surface area contributed by atoms with Gasteiger partial charge in [-0.15, -0.1) is 0 Å². The fraction of sp³-hybridized carbons (Fsp3) is 0.471. The summed E-state index contributed by atoms with van der Waals surface area (Å²) >= 11 is 0. The van der Waals surface area contributed by atoms with Crippen LogP contribution in [0.1, 0.15) is 54.4 Å². The molecule has 0 unspecified atom stereocenters. The molecule has 0 bridgehead atoms. The van der Waals surface area contributed by atoms with Crippen LogP contribution in [0.3, 0.4) is 0 Å². The molecule has 0 aliphatic heterocycles. The van der Waals surface area contributed by atoms with E-state index in [1.54, 1.807) is 6.20 Å². The quantitative estimate of drug-likeness (QED) is 0.619. The number of amides is 1. The molecule has 1 aromatic carbocycles. The normalized spacial score (nSPS) is 10.8. The van der Waals surface area contributed by atoms with E-state index >= 15 is 0 Å². The lowest BCUT2D eigenvalue weighted by molar-refractivity contribution is -0.137. The number of carboxylic acids is 1. The van der Waals surface area contributed by atoms with Crippen molar-refractivity contribution in [3.8, 4) is 0 Å². The molecule has 0 fully saturated rings. The van der Waals surface area contributed by atoms with Gasteiger partial charge in [0.05, 0.1) is 17.3 Å². The number of fused-ring (bicyclic) bond motifs is 1. The second kappa shape index (κ2) is 8.31. The fourth-order valence-corrected chi connectivity index (χ4v) is 2.62. The minimum atomic E-state index is -0.736. The third-order valence-corrected chi connectivity index (χ3v) is 3.79. The van der Waals surface area contributed by atoms with Crippen molar-refractivity contribution >= 4 is 22.8 Å². The molecule has 2 aromatic rings. The third kappa shape index (κ3) is 5.09. The van der Waals surface area contributed by atoms with E-state index in [0.717, 1.165) is 48.6 Å². The SMILES string of the molecule is Cc1cc(C(=O)NCCCCCCCC(=O)O)c2[nH]ncc2c1. The second-order valence-electron chi connectivity index (χ2n) is 5.81. The molecule has 23 heavy (non-hydrogen) atoms. The van der Waals surface area contributed by atoms with Gasteiger partial charge in [0.25, 0.3) is 5.91 Å². The first kappa shape index (κ1) is 17.0. The van der Waals surface area contributed by atoms with Gasteiger partial charge in [0.2, 0.25) is 0 Å². The van der Waals surface area contributed by atoms with Crippen LogP contribution in [-0.2, 0) is 4.79 Å². The van der Waals surface area contributed by atoms with Gasteiger partial charge in [-0.05, 0) is 37.5 Å². The molecule has 0 aliphatic carbocycles. The van der Waals surface area contributed by atoms with E-state index < -0.39 is 5.97 Å². The van der Waals surface area contributed by atoms with Gasteiger partial charge in [-0.3, -0.25) is 14.7 Å². The van der Waals surface area contributed by atoms with Crippen molar-refractivity contribution in [3.05, 3.63) is 29.5 Å². The number of H-pyrrole nitrogens is 1. The van der Waals surface area contributed by atoms with Crippen LogP contribution in [0.15, 0.2) is 18.3 Å². The summed E-state index contributed by atoms with van der Waals surface area (Å²) in [6, 6.07) is 3.86. The van der Waals surface area contributed by atoms with Crippen molar-refractivity contribution in [1.82, 2.24) is 15.5 Å². The number of carbonyl (C=O) groups excluding carboxylic acids is 1. The molecule has 1 amide bonds. The minimum Gasteiger partial charge on any atom is -0.481 e. The van der Waals surface area contributed by atoms with Crippen molar-refractivity contribution in [3.63, 3.8) is 0 Å². The van der Waals surface area contributed by atoms with Crippen molar-refractivity contribution in [2.24, 2.45) is 0 Å². The Balaban J connectivity index is 1.72. The number of carboxylic acid groups (broad SMARTS) is 1. The molecule has 2 rings (SSSR count). The number of aromatic nitrogens is 2. The number of unbranched alkanes of at least 4 members (excludes halogenated alkanes) is 4. The van der Waals surface area contributed by atoms with Crippen molar-refractivity contribution < 1.29 is 14.7 Å². The predicted octanol–water partition coefficient (Wildman–Crippen LogP) is 3.03. The Labute approximate surface area is 135 Å². The molecule has 0 aliphatic rings. The van der Waals surface area contributed by atoms with E-state index in [4.69, 9.17) is 5.11 Å². The number of aromatic amines is 1. The van der Waals surface area contributed by atoms with Crippen LogP contribution in [0, 0.1) is 6.92 Å². The maximum absolute atomic E-state index is 12.3. The van der Waals surface area contributed by atoms with Gasteiger partial charge in [-0.25, -0.2) is 0 Å². The van der Waals surface area contributed by atoms with Gasteiger partial charge in [0.1, 0.15) is 0 Å². The molecular weight excluding hydrogens is 294 g/mol. The van der Waals surface area contributed by atoms with E-state index in [-0.39, 0.29) is 12.3 Å². The molecule has 124 valence electrons. The topological polar surface area (TPSA) is 95.1 Å². The number of rotatable bonds is 9. The summed E-state index contributed by atoms with van der Waals surface area (Å²) in [6.07, 6.45) is 6.50. The molecule has 0 radical (unpaired) electrons. The molecule has 1 aromatic heterocycles. The molecule has 1 heterocycles. The van der Waals surface area contributed by atoms with Crippen LogP contribution in [0.2, 0.25) is 0 Å². The second-order valence-corrected chi connectivity index (χ2v) is 5.81. The lowest BCUT2D eigenvalue weighted by Crippen LogP contribution is -2.24. The Bertz CT molecular complexity index is 679. The largest absolute Gasteiger partial charge is 0.481 e. The smallest absolute Gasteiger partial charge is 0.303 e. The minimum absolute atomic E-state index is 0.0890. The number of nitrogens with one attached hydrogen (secondary N) is 2. The predicted molar refractivity (Wildman–Crippen MR) is 88.5 cm³/mol. The number of nitrogens with zero attached hydrogens (tertiary/aromatic N) is 1. The van der Waals surface area contributed by atoms with Gasteiger partial charge in [-0.1, -0.05) is 19.3 Å². The number of hydrogen-bond acceptors (Lipinski definition) is 3. The highest BCUT2D eigenvalue weighted by atomic mass is 16.4. The van der Waals surface area contributed by atoms with Gasteiger partial charge in [0.15, 0.2) is 0 Å². The Morgan fingerprint density at radius 2 is 1.91 bits per heavy atom. The number of hydrogen-bond donors (Lipinski definition) is 3. The van der Waals surface area contributed by atoms with E-state index in [1.165, 1.54) is 0 Å². The molecule has 0 saturated heterocycles. The number of aryl methyl sites for hydroxylation is 1. The lowest BCUT2D eigenvalue weighted by atomic mass is 10.1. The summed E-state index contributed by atoms with van der Waals surface area (Å²) in [5.74, 6) is -0.825. The maximum atomic E-state index is 12.3. The van der Waals surface area contributed by atoms with Gasteiger partial charge < -0.3 is 10.4 Å². The zero-order chi connectivity index (χ0) is 16.7. The highest BCUT2D eigenvalue weighted by molar-refractivity contribution is 6.05. The summed E-state index contributed by atoms with van der Waals surface area (Å²) in [7, 11) is 0. The van der Waals surface area contributed by atoms with E-state index in [1.807, 2.05) is 19.1 Å². The molecule has 6 heteroatoms. The summed E-state index contributed by atoms with van der Waals surface area (Å²) in [5.41, 5.74) is 2.42. The number of benzene rings is 1. The standard InChI is InChI=1S/C17H23N3O3/c1-12-9-13-11-19-20-16(13)14(10-12)17(23)18-8-6-4-2-3-5-7-15(21)22/h9-11H,2-8H2,1H3,(H,18,23)(H,19,20)(H,21,22). The maximum Gasteiger partial charge on any atom is 0.303 e. The monoisotopic (exact) mass is 317 g/mol. The molecule has 3 N–H and O–H groups in total. The van der Waals surface area contributed by atoms with Crippen molar-refractivity contribution in [1.29, 1.82) is 0 Å². The average Bonchev–Trinajstić information content (AvgIpc) is 2.96. The van der Waals surface area contributed by atoms with Crippen LogP contribution >= 0.6 is 0 Å². The van der Waals surface area contributed by atoms with Gasteiger partial charge in [-0.2, -0.15) is 5.10 Å². The zero-order valence-corrected chi connectivity index (χ0v) is 13.4. The highest BCUT2D eigenvalue weighted by Gasteiger charge is 2.11. The van der Waals surface area contributed by atoms with E-state index in [9.17, 15) is 9.59 Å². The zero-order valence-electron chi connectivity index (χ0n) is 13.4. The Hall–Kier alpha value is -2.37. The van der Waals surface area contributed by atoms with Crippen LogP contribution in [0.5, 0.6) is 0 Å². The van der Waals surface area contributed by atoms with Crippen LogP contribution in [-0.4, -0.2) is 33.7 Å². The average molecular weight is 317 g/mol. The van der Waals surface area contributed by atoms with Crippen LogP contribution < -0.4 is 5.32 Å². The van der Waals surface area contributed by atoms with E-state index in [2.05, 4.69) is 15.5 Å². The molecule has 0 spiro atoms.